The lowest BCUT2D eigenvalue weighted by Gasteiger charge is -2.36. The minimum Gasteiger partial charge on any atom is -0.342 e. The maximum absolute atomic E-state index is 14.0. The van der Waals surface area contributed by atoms with E-state index in [1.807, 2.05) is 12.1 Å². The van der Waals surface area contributed by atoms with Crippen LogP contribution in [0.2, 0.25) is 0 Å². The number of nitrogens with zero attached hydrogens (tertiary/aromatic N) is 2. The molecule has 5 nitrogen and oxygen atoms in total. The number of amides is 3. The molecule has 0 bridgehead atoms. The Kier molecular flexibility index (Phi) is 5.65. The minimum atomic E-state index is -1.35. The molecule has 2 aromatic carbocycles. The van der Waals surface area contributed by atoms with Crippen LogP contribution in [0.3, 0.4) is 0 Å². The van der Waals surface area contributed by atoms with Gasteiger partial charge < -0.3 is 4.90 Å². The number of aryl methyl sites for hydroxylation is 1. The van der Waals surface area contributed by atoms with Crippen LogP contribution < -0.4 is 0 Å². The van der Waals surface area contributed by atoms with Gasteiger partial charge in [0.2, 0.25) is 17.7 Å². The SMILES string of the molecule is Cc1ccccc1C1CCCN(C(=O)CC2(c3cccc(F)c3)CC(=O)N(C)C2=O)C1. The van der Waals surface area contributed by atoms with Gasteiger partial charge in [0, 0.05) is 38.9 Å². The summed E-state index contributed by atoms with van der Waals surface area (Å²) in [7, 11) is 1.42. The van der Waals surface area contributed by atoms with Crippen LogP contribution in [0, 0.1) is 12.7 Å². The zero-order valence-electron chi connectivity index (χ0n) is 17.9. The molecular weight excluding hydrogens is 395 g/mol. The van der Waals surface area contributed by atoms with E-state index in [1.165, 1.54) is 36.4 Å². The molecule has 2 aliphatic rings. The Labute approximate surface area is 181 Å². The zero-order valence-corrected chi connectivity index (χ0v) is 17.9. The Morgan fingerprint density at radius 2 is 1.94 bits per heavy atom. The number of rotatable bonds is 4. The molecular formula is C25H27FN2O3. The third-order valence-electron chi connectivity index (χ3n) is 6.77. The van der Waals surface area contributed by atoms with Gasteiger partial charge in [0.05, 0.1) is 5.41 Å². The highest BCUT2D eigenvalue weighted by molar-refractivity contribution is 6.10. The van der Waals surface area contributed by atoms with Crippen LogP contribution >= 0.6 is 0 Å². The summed E-state index contributed by atoms with van der Waals surface area (Å²) < 4.78 is 14.0. The number of hydrogen-bond donors (Lipinski definition) is 0. The average Bonchev–Trinajstić information content (AvgIpc) is 2.98. The van der Waals surface area contributed by atoms with E-state index in [9.17, 15) is 18.8 Å². The molecule has 2 unspecified atom stereocenters. The molecule has 6 heteroatoms. The van der Waals surface area contributed by atoms with Crippen LogP contribution in [0.5, 0.6) is 0 Å². The van der Waals surface area contributed by atoms with E-state index in [1.54, 1.807) is 11.0 Å². The first-order chi connectivity index (χ1) is 14.8. The number of carbonyl (C=O) groups is 3. The van der Waals surface area contributed by atoms with Crippen molar-refractivity contribution in [1.29, 1.82) is 0 Å². The summed E-state index contributed by atoms with van der Waals surface area (Å²) in [6.07, 6.45) is 1.63. The van der Waals surface area contributed by atoms with Gasteiger partial charge >= 0.3 is 0 Å². The maximum atomic E-state index is 14.0. The Bertz CT molecular complexity index is 1040. The Morgan fingerprint density at radius 3 is 2.61 bits per heavy atom. The topological polar surface area (TPSA) is 57.7 Å². The number of benzene rings is 2. The molecule has 2 aliphatic heterocycles. The minimum absolute atomic E-state index is 0.118. The summed E-state index contributed by atoms with van der Waals surface area (Å²) in [6.45, 7) is 3.28. The van der Waals surface area contributed by atoms with Gasteiger partial charge in [-0.25, -0.2) is 4.39 Å². The monoisotopic (exact) mass is 422 g/mol. The molecule has 0 N–H and O–H groups in total. The number of piperidine rings is 1. The molecule has 2 aromatic rings. The van der Waals surface area contributed by atoms with Gasteiger partial charge in [-0.1, -0.05) is 36.4 Å². The molecule has 2 fully saturated rings. The van der Waals surface area contributed by atoms with Gasteiger partial charge in [0.15, 0.2) is 0 Å². The fraction of sp³-hybridized carbons (Fsp3) is 0.400. The van der Waals surface area contributed by atoms with Crippen molar-refractivity contribution in [1.82, 2.24) is 9.80 Å². The molecule has 4 rings (SSSR count). The molecule has 0 saturated carbocycles. The van der Waals surface area contributed by atoms with Crippen LogP contribution in [0.25, 0.3) is 0 Å². The van der Waals surface area contributed by atoms with Crippen LogP contribution in [0.15, 0.2) is 48.5 Å². The lowest BCUT2D eigenvalue weighted by molar-refractivity contribution is -0.141. The van der Waals surface area contributed by atoms with Crippen molar-refractivity contribution in [2.45, 2.75) is 43.9 Å². The third kappa shape index (κ3) is 3.87. The first-order valence-electron chi connectivity index (χ1n) is 10.7. The Balaban J connectivity index is 1.60. The van der Waals surface area contributed by atoms with Crippen LogP contribution in [0.1, 0.15) is 48.3 Å². The number of carbonyl (C=O) groups excluding carboxylic acids is 3. The standard InChI is InChI=1S/C25H27FN2O3/c1-17-7-3-4-11-21(17)18-8-6-12-28(16-18)23(30)15-25(14-22(29)27(2)24(25)31)19-9-5-10-20(26)13-19/h3-5,7,9-11,13,18H,6,8,12,14-16H2,1-2H3. The summed E-state index contributed by atoms with van der Waals surface area (Å²) >= 11 is 0. The number of hydrogen-bond acceptors (Lipinski definition) is 3. The molecule has 2 heterocycles. The third-order valence-corrected chi connectivity index (χ3v) is 6.77. The summed E-state index contributed by atoms with van der Waals surface area (Å²) in [5, 5.41) is 0. The van der Waals surface area contributed by atoms with Crippen molar-refractivity contribution in [3.8, 4) is 0 Å². The predicted octanol–water partition coefficient (Wildman–Crippen LogP) is 3.56. The first-order valence-corrected chi connectivity index (χ1v) is 10.7. The number of likely N-dealkylation sites (N-methyl/N-ethyl adjacent to an activating group) is 1. The Morgan fingerprint density at radius 1 is 1.16 bits per heavy atom. The van der Waals surface area contributed by atoms with Crippen molar-refractivity contribution in [2.75, 3.05) is 20.1 Å². The lowest BCUT2D eigenvalue weighted by atomic mass is 9.75. The Hall–Kier alpha value is -3.02. The first kappa shape index (κ1) is 21.2. The smallest absolute Gasteiger partial charge is 0.240 e. The second-order valence-electron chi connectivity index (χ2n) is 8.74. The van der Waals surface area contributed by atoms with Crippen LogP contribution in [0.4, 0.5) is 4.39 Å². The summed E-state index contributed by atoms with van der Waals surface area (Å²) in [5.74, 6) is -1.20. The molecule has 2 atom stereocenters. The predicted molar refractivity (Wildman–Crippen MR) is 115 cm³/mol. The lowest BCUT2D eigenvalue weighted by Crippen LogP contribution is -2.45. The molecule has 0 aromatic heterocycles. The largest absolute Gasteiger partial charge is 0.342 e. The van der Waals surface area contributed by atoms with Crippen molar-refractivity contribution in [3.05, 3.63) is 71.0 Å². The number of halogens is 1. The van der Waals surface area contributed by atoms with Crippen LogP contribution in [-0.2, 0) is 19.8 Å². The highest BCUT2D eigenvalue weighted by Gasteiger charge is 2.53. The maximum Gasteiger partial charge on any atom is 0.240 e. The van der Waals surface area contributed by atoms with E-state index in [4.69, 9.17) is 0 Å². The van der Waals surface area contributed by atoms with E-state index in [0.717, 1.165) is 17.7 Å². The van der Waals surface area contributed by atoms with Gasteiger partial charge in [-0.2, -0.15) is 0 Å². The van der Waals surface area contributed by atoms with E-state index in [0.29, 0.717) is 18.7 Å². The van der Waals surface area contributed by atoms with Crippen molar-refractivity contribution >= 4 is 17.7 Å². The molecule has 2 saturated heterocycles. The van der Waals surface area contributed by atoms with Gasteiger partial charge in [-0.3, -0.25) is 19.3 Å². The molecule has 3 amide bonds. The molecule has 0 aliphatic carbocycles. The second kappa shape index (κ2) is 8.25. The van der Waals surface area contributed by atoms with E-state index >= 15 is 0 Å². The van der Waals surface area contributed by atoms with Crippen molar-refractivity contribution < 1.29 is 18.8 Å². The fourth-order valence-corrected chi connectivity index (χ4v) is 5.01. The van der Waals surface area contributed by atoms with Gasteiger partial charge in [0.25, 0.3) is 0 Å². The second-order valence-corrected chi connectivity index (χ2v) is 8.74. The molecule has 31 heavy (non-hydrogen) atoms. The highest BCUT2D eigenvalue weighted by Crippen LogP contribution is 2.40. The highest BCUT2D eigenvalue weighted by atomic mass is 19.1. The fourth-order valence-electron chi connectivity index (χ4n) is 5.01. The molecule has 0 radical (unpaired) electrons. The molecule has 162 valence electrons. The normalized spacial score (nSPS) is 24.0. The van der Waals surface area contributed by atoms with Gasteiger partial charge in [-0.15, -0.1) is 0 Å². The zero-order chi connectivity index (χ0) is 22.2. The quantitative estimate of drug-likeness (QED) is 0.708. The van der Waals surface area contributed by atoms with Crippen LogP contribution in [-0.4, -0.2) is 47.7 Å². The van der Waals surface area contributed by atoms with Gasteiger partial charge in [-0.05, 0) is 48.6 Å². The van der Waals surface area contributed by atoms with E-state index < -0.39 is 17.1 Å². The average molecular weight is 423 g/mol. The van der Waals surface area contributed by atoms with Crippen molar-refractivity contribution in [2.24, 2.45) is 0 Å². The van der Waals surface area contributed by atoms with E-state index in [2.05, 4.69) is 19.1 Å². The van der Waals surface area contributed by atoms with Crippen molar-refractivity contribution in [3.63, 3.8) is 0 Å². The molecule has 0 spiro atoms. The van der Waals surface area contributed by atoms with Gasteiger partial charge in [0.1, 0.15) is 5.82 Å². The number of imide groups is 1. The summed E-state index contributed by atoms with van der Waals surface area (Å²) in [4.78, 5) is 41.7. The number of likely N-dealkylation sites (tertiary alicyclic amines) is 2. The summed E-state index contributed by atoms with van der Waals surface area (Å²) in [5.41, 5.74) is 1.49. The van der Waals surface area contributed by atoms with E-state index in [-0.39, 0.29) is 30.6 Å². The summed E-state index contributed by atoms with van der Waals surface area (Å²) in [6, 6.07) is 13.9.